The molecule has 0 aromatic carbocycles. The average Bonchev–Trinajstić information content (AvgIpc) is 2.67. The lowest BCUT2D eigenvalue weighted by molar-refractivity contribution is -0.891. The van der Waals surface area contributed by atoms with Crippen LogP contribution in [0.15, 0.2) is 0 Å². The van der Waals surface area contributed by atoms with Crippen LogP contribution in [0.3, 0.4) is 0 Å². The van der Waals surface area contributed by atoms with Gasteiger partial charge in [0.15, 0.2) is 0 Å². The van der Waals surface area contributed by atoms with Gasteiger partial charge in [-0.25, -0.2) is 0 Å². The van der Waals surface area contributed by atoms with Gasteiger partial charge in [-0.2, -0.15) is 0 Å². The molecular formula is C22H46NO5+. The molecule has 1 heterocycles. The second kappa shape index (κ2) is 13.9. The molecule has 1 aliphatic heterocycles. The molecule has 0 saturated carbocycles. The first-order valence-electron chi connectivity index (χ1n) is 11.4. The Hall–Kier alpha value is -0.240. The zero-order valence-electron chi connectivity index (χ0n) is 18.4. The maximum atomic E-state index is 10.2. The average molecular weight is 405 g/mol. The molecule has 0 amide bonds. The number of nitrogens with zero attached hydrogens (tertiary/aromatic N) is 1. The van der Waals surface area contributed by atoms with Crippen LogP contribution in [-0.2, 0) is 4.74 Å². The number of quaternary nitrogens is 1. The Morgan fingerprint density at radius 2 is 1.18 bits per heavy atom. The SMILES string of the molecule is CCCCCCCCCCCC[N+](C)(C)CCC1O[C@H](CO)[C@@H](O)[C@H](O)[C@H]1O. The van der Waals surface area contributed by atoms with Gasteiger partial charge >= 0.3 is 0 Å². The Morgan fingerprint density at radius 3 is 1.71 bits per heavy atom. The van der Waals surface area contributed by atoms with Crippen LogP contribution in [0.2, 0.25) is 0 Å². The molecule has 0 radical (unpaired) electrons. The second-order valence-corrected chi connectivity index (χ2v) is 9.22. The van der Waals surface area contributed by atoms with Gasteiger partial charge in [-0.3, -0.25) is 0 Å². The zero-order chi connectivity index (χ0) is 21.0. The van der Waals surface area contributed by atoms with Gasteiger partial charge in [0.1, 0.15) is 24.4 Å². The van der Waals surface area contributed by atoms with Crippen molar-refractivity contribution in [3.8, 4) is 0 Å². The fourth-order valence-corrected chi connectivity index (χ4v) is 4.03. The van der Waals surface area contributed by atoms with E-state index in [2.05, 4.69) is 21.0 Å². The summed E-state index contributed by atoms with van der Waals surface area (Å²) in [7, 11) is 4.36. The monoisotopic (exact) mass is 404 g/mol. The Kier molecular flexibility index (Phi) is 12.8. The summed E-state index contributed by atoms with van der Waals surface area (Å²) in [5.74, 6) is 0. The quantitative estimate of drug-likeness (QED) is 0.248. The Bertz CT molecular complexity index is 391. The van der Waals surface area contributed by atoms with Crippen LogP contribution in [0.25, 0.3) is 0 Å². The standard InChI is InChI=1S/C22H46NO5/c1-4-5-6-7-8-9-10-11-12-13-15-23(2,3)16-14-18-20(25)22(27)21(26)19(17-24)28-18/h18-22,24-27H,4-17H2,1-3H3/q+1/t18?,19-,20+,21-,22-/m1/s1. The molecule has 0 aromatic heterocycles. The summed E-state index contributed by atoms with van der Waals surface area (Å²) in [6.45, 7) is 3.79. The molecular weight excluding hydrogens is 358 g/mol. The van der Waals surface area contributed by atoms with Crippen molar-refractivity contribution >= 4 is 0 Å². The first-order valence-corrected chi connectivity index (χ1v) is 11.4. The fraction of sp³-hybridized carbons (Fsp3) is 1.00. The molecule has 0 aliphatic carbocycles. The lowest BCUT2D eigenvalue weighted by Gasteiger charge is -2.41. The van der Waals surface area contributed by atoms with Crippen molar-refractivity contribution in [2.45, 2.75) is 108 Å². The van der Waals surface area contributed by atoms with Crippen LogP contribution in [0, 0.1) is 0 Å². The smallest absolute Gasteiger partial charge is 0.111 e. The van der Waals surface area contributed by atoms with Crippen LogP contribution in [0.4, 0.5) is 0 Å². The predicted molar refractivity (Wildman–Crippen MR) is 112 cm³/mol. The Labute approximate surface area is 172 Å². The van der Waals surface area contributed by atoms with E-state index >= 15 is 0 Å². The van der Waals surface area contributed by atoms with Crippen molar-refractivity contribution in [3.63, 3.8) is 0 Å². The minimum atomic E-state index is -1.27. The lowest BCUT2D eigenvalue weighted by Crippen LogP contribution is -2.59. The molecule has 5 atom stereocenters. The van der Waals surface area contributed by atoms with Gasteiger partial charge < -0.3 is 29.6 Å². The van der Waals surface area contributed by atoms with Crippen LogP contribution in [0.5, 0.6) is 0 Å². The fourth-order valence-electron chi connectivity index (χ4n) is 4.03. The van der Waals surface area contributed by atoms with Crippen molar-refractivity contribution in [3.05, 3.63) is 0 Å². The van der Waals surface area contributed by atoms with Gasteiger partial charge in [0.05, 0.1) is 39.9 Å². The van der Waals surface area contributed by atoms with Gasteiger partial charge in [0.2, 0.25) is 0 Å². The molecule has 4 N–H and O–H groups in total. The molecule has 168 valence electrons. The van der Waals surface area contributed by atoms with E-state index in [4.69, 9.17) is 4.74 Å². The van der Waals surface area contributed by atoms with Gasteiger partial charge in [-0.05, 0) is 12.8 Å². The highest BCUT2D eigenvalue weighted by Crippen LogP contribution is 2.24. The van der Waals surface area contributed by atoms with E-state index in [0.717, 1.165) is 17.6 Å². The highest BCUT2D eigenvalue weighted by molar-refractivity contribution is 4.91. The van der Waals surface area contributed by atoms with E-state index < -0.39 is 30.5 Å². The summed E-state index contributed by atoms with van der Waals surface area (Å²) in [5, 5.41) is 39.2. The first kappa shape index (κ1) is 25.8. The van der Waals surface area contributed by atoms with Crippen molar-refractivity contribution in [2.75, 3.05) is 33.8 Å². The normalized spacial score (nSPS) is 28.6. The largest absolute Gasteiger partial charge is 0.394 e. The summed E-state index contributed by atoms with van der Waals surface area (Å²) in [6, 6.07) is 0. The maximum Gasteiger partial charge on any atom is 0.111 e. The number of rotatable bonds is 15. The molecule has 6 nitrogen and oxygen atoms in total. The van der Waals surface area contributed by atoms with E-state index in [0.29, 0.717) is 6.42 Å². The lowest BCUT2D eigenvalue weighted by atomic mass is 9.93. The molecule has 6 heteroatoms. The Balaban J connectivity index is 2.16. The van der Waals surface area contributed by atoms with Crippen molar-refractivity contribution < 1.29 is 29.6 Å². The van der Waals surface area contributed by atoms with Crippen molar-refractivity contribution in [1.29, 1.82) is 0 Å². The zero-order valence-corrected chi connectivity index (χ0v) is 18.4. The number of aliphatic hydroxyl groups excluding tert-OH is 4. The summed E-state index contributed by atoms with van der Waals surface area (Å²) in [4.78, 5) is 0. The summed E-state index contributed by atoms with van der Waals surface area (Å²) < 4.78 is 6.45. The molecule has 1 fully saturated rings. The van der Waals surface area contributed by atoms with E-state index in [1.807, 2.05) is 0 Å². The third kappa shape index (κ3) is 9.51. The molecule has 1 unspecified atom stereocenters. The number of hydrogen-bond donors (Lipinski definition) is 4. The van der Waals surface area contributed by atoms with E-state index in [-0.39, 0.29) is 6.61 Å². The number of ether oxygens (including phenoxy) is 1. The van der Waals surface area contributed by atoms with Gasteiger partial charge in [0, 0.05) is 6.42 Å². The second-order valence-electron chi connectivity index (χ2n) is 9.22. The third-order valence-electron chi connectivity index (χ3n) is 6.13. The maximum absolute atomic E-state index is 10.2. The summed E-state index contributed by atoms with van der Waals surface area (Å²) >= 11 is 0. The number of hydrogen-bond acceptors (Lipinski definition) is 5. The molecule has 0 aromatic rings. The van der Waals surface area contributed by atoms with Gasteiger partial charge in [-0.1, -0.05) is 58.3 Å². The molecule has 1 rings (SSSR count). The van der Waals surface area contributed by atoms with E-state index in [1.54, 1.807) is 0 Å². The van der Waals surface area contributed by atoms with Crippen LogP contribution < -0.4 is 0 Å². The number of aliphatic hydroxyl groups is 4. The number of unbranched alkanes of at least 4 members (excludes halogenated alkanes) is 9. The van der Waals surface area contributed by atoms with Crippen molar-refractivity contribution in [1.82, 2.24) is 0 Å². The highest BCUT2D eigenvalue weighted by Gasteiger charge is 2.43. The Morgan fingerprint density at radius 1 is 0.679 bits per heavy atom. The van der Waals surface area contributed by atoms with Crippen LogP contribution in [0.1, 0.15) is 77.6 Å². The van der Waals surface area contributed by atoms with E-state index in [1.165, 1.54) is 64.2 Å². The topological polar surface area (TPSA) is 90.2 Å². The van der Waals surface area contributed by atoms with Crippen LogP contribution in [-0.4, -0.2) is 89.2 Å². The van der Waals surface area contributed by atoms with Gasteiger partial charge in [0.25, 0.3) is 0 Å². The molecule has 28 heavy (non-hydrogen) atoms. The molecule has 1 saturated heterocycles. The molecule has 0 spiro atoms. The minimum absolute atomic E-state index is 0.363. The van der Waals surface area contributed by atoms with Crippen molar-refractivity contribution in [2.24, 2.45) is 0 Å². The summed E-state index contributed by atoms with van der Waals surface area (Å²) in [5.41, 5.74) is 0. The minimum Gasteiger partial charge on any atom is -0.394 e. The van der Waals surface area contributed by atoms with Gasteiger partial charge in [-0.15, -0.1) is 0 Å². The van der Waals surface area contributed by atoms with E-state index in [9.17, 15) is 20.4 Å². The molecule has 1 aliphatic rings. The highest BCUT2D eigenvalue weighted by atomic mass is 16.5. The van der Waals surface area contributed by atoms with Crippen LogP contribution >= 0.6 is 0 Å². The first-order chi connectivity index (χ1) is 13.3. The summed E-state index contributed by atoms with van der Waals surface area (Å²) in [6.07, 6.45) is 8.86. The third-order valence-corrected chi connectivity index (χ3v) is 6.13. The predicted octanol–water partition coefficient (Wildman–Crippen LogP) is 2.22. The molecule has 0 bridgehead atoms.